The lowest BCUT2D eigenvalue weighted by Crippen LogP contribution is -2.29. The Bertz CT molecular complexity index is 2360. The highest BCUT2D eigenvalue weighted by atomic mass is 14.6. The molecule has 0 atom stereocenters. The Morgan fingerprint density at radius 3 is 1.67 bits per heavy atom. The van der Waals surface area contributed by atoms with Crippen molar-refractivity contribution in [3.8, 4) is 33.4 Å². The molecule has 0 spiro atoms. The Labute approximate surface area is 269 Å². The number of anilines is 1. The van der Waals surface area contributed by atoms with Crippen molar-refractivity contribution in [3.63, 3.8) is 0 Å². The predicted molar refractivity (Wildman–Crippen MR) is 194 cm³/mol. The van der Waals surface area contributed by atoms with Crippen LogP contribution in [0.5, 0.6) is 0 Å². The quantitative estimate of drug-likeness (QED) is 0.161. The molecule has 0 aromatic heterocycles. The molecule has 8 aromatic rings. The zero-order valence-corrected chi connectivity index (χ0v) is 25.3. The molecule has 1 aliphatic rings. The minimum absolute atomic E-state index is 0.521. The van der Waals surface area contributed by atoms with E-state index >= 15 is 0 Å². The van der Waals surface area contributed by atoms with Crippen molar-refractivity contribution in [2.24, 2.45) is 0 Å². The van der Waals surface area contributed by atoms with Crippen LogP contribution in [0.3, 0.4) is 0 Å². The molecule has 1 heteroatoms. The van der Waals surface area contributed by atoms with Crippen LogP contribution < -0.4 is 5.73 Å². The van der Waals surface area contributed by atoms with Crippen LogP contribution in [0, 0.1) is 0 Å². The normalized spacial score (nSPS) is 13.0. The van der Waals surface area contributed by atoms with Gasteiger partial charge in [0.25, 0.3) is 0 Å². The molecular weight excluding hydrogens is 555 g/mol. The zero-order valence-electron chi connectivity index (χ0n) is 25.3. The maximum atomic E-state index is 7.02. The van der Waals surface area contributed by atoms with Gasteiger partial charge in [0.05, 0.1) is 5.41 Å². The lowest BCUT2D eigenvalue weighted by molar-refractivity contribution is 0.770. The molecule has 9 rings (SSSR count). The number of nitrogens with two attached hydrogens (primary N) is 1. The second-order valence-corrected chi connectivity index (χ2v) is 12.2. The van der Waals surface area contributed by atoms with Gasteiger partial charge in [0.1, 0.15) is 0 Å². The van der Waals surface area contributed by atoms with Gasteiger partial charge in [0.2, 0.25) is 0 Å². The molecule has 1 nitrogen and oxygen atoms in total. The highest BCUT2D eigenvalue weighted by molar-refractivity contribution is 6.13. The summed E-state index contributed by atoms with van der Waals surface area (Å²) in [6, 6.07) is 63.8. The van der Waals surface area contributed by atoms with Crippen molar-refractivity contribution < 1.29 is 0 Å². The number of hydrogen-bond donors (Lipinski definition) is 1. The van der Waals surface area contributed by atoms with Gasteiger partial charge in [-0.3, -0.25) is 0 Å². The average molecular weight is 586 g/mol. The summed E-state index contributed by atoms with van der Waals surface area (Å²) in [5.74, 6) is 0. The number of fused-ring (bicyclic) bond motifs is 6. The van der Waals surface area contributed by atoms with Gasteiger partial charge in [-0.2, -0.15) is 0 Å². The second kappa shape index (κ2) is 10.3. The van der Waals surface area contributed by atoms with Gasteiger partial charge in [0, 0.05) is 11.3 Å². The Hall–Kier alpha value is -5.92. The van der Waals surface area contributed by atoms with Crippen molar-refractivity contribution in [2.45, 2.75) is 5.41 Å². The molecule has 0 bridgehead atoms. The van der Waals surface area contributed by atoms with Crippen LogP contribution in [-0.4, -0.2) is 0 Å². The highest BCUT2D eigenvalue weighted by Crippen LogP contribution is 2.59. The first-order valence-electron chi connectivity index (χ1n) is 15.9. The maximum absolute atomic E-state index is 7.02. The van der Waals surface area contributed by atoms with E-state index in [4.69, 9.17) is 5.73 Å². The lowest BCUT2D eigenvalue weighted by Gasteiger charge is -2.35. The minimum Gasteiger partial charge on any atom is -0.398 e. The lowest BCUT2D eigenvalue weighted by atomic mass is 9.66. The molecule has 0 saturated heterocycles. The van der Waals surface area contributed by atoms with E-state index in [0.29, 0.717) is 0 Å². The van der Waals surface area contributed by atoms with Gasteiger partial charge in [-0.25, -0.2) is 0 Å². The Morgan fingerprint density at radius 2 is 0.957 bits per heavy atom. The molecule has 0 fully saturated rings. The molecule has 8 aromatic carbocycles. The van der Waals surface area contributed by atoms with E-state index in [1.165, 1.54) is 66.1 Å². The minimum atomic E-state index is -0.521. The molecule has 0 radical (unpaired) electrons. The fourth-order valence-corrected chi connectivity index (χ4v) is 7.98. The SMILES string of the molecule is Nc1ccc2c(c1-c1ccc(-c3cc4ccccc4c4ccccc34)cc1)C(c1ccccc1)(c1ccccc1)c1ccccc1-2. The van der Waals surface area contributed by atoms with Crippen LogP contribution in [0.4, 0.5) is 5.69 Å². The summed E-state index contributed by atoms with van der Waals surface area (Å²) < 4.78 is 0. The first-order valence-corrected chi connectivity index (χ1v) is 15.9. The third-order valence-corrected chi connectivity index (χ3v) is 9.90. The molecule has 0 amide bonds. The van der Waals surface area contributed by atoms with E-state index in [0.717, 1.165) is 16.8 Å². The Balaban J connectivity index is 1.30. The van der Waals surface area contributed by atoms with E-state index in [2.05, 4.69) is 176 Å². The summed E-state index contributed by atoms with van der Waals surface area (Å²) in [7, 11) is 0. The fourth-order valence-electron chi connectivity index (χ4n) is 7.98. The second-order valence-electron chi connectivity index (χ2n) is 12.2. The van der Waals surface area contributed by atoms with Crippen LogP contribution in [0.25, 0.3) is 54.9 Å². The molecular formula is C45H31N. The van der Waals surface area contributed by atoms with Crippen molar-refractivity contribution in [3.05, 3.63) is 198 Å². The summed E-state index contributed by atoms with van der Waals surface area (Å²) in [6.45, 7) is 0. The predicted octanol–water partition coefficient (Wildman–Crippen LogP) is 11.3. The maximum Gasteiger partial charge on any atom is 0.0720 e. The number of hydrogen-bond acceptors (Lipinski definition) is 1. The van der Waals surface area contributed by atoms with Crippen LogP contribution in [-0.2, 0) is 5.41 Å². The average Bonchev–Trinajstić information content (AvgIpc) is 3.43. The van der Waals surface area contributed by atoms with Gasteiger partial charge in [-0.05, 0) is 83.7 Å². The summed E-state index contributed by atoms with van der Waals surface area (Å²) >= 11 is 0. The highest BCUT2D eigenvalue weighted by Gasteiger charge is 2.47. The number of benzene rings is 8. The molecule has 0 saturated carbocycles. The summed E-state index contributed by atoms with van der Waals surface area (Å²) in [6.07, 6.45) is 0. The molecule has 0 aliphatic heterocycles. The van der Waals surface area contributed by atoms with E-state index in [-0.39, 0.29) is 0 Å². The van der Waals surface area contributed by atoms with E-state index in [1.54, 1.807) is 0 Å². The van der Waals surface area contributed by atoms with E-state index < -0.39 is 5.41 Å². The molecule has 216 valence electrons. The topological polar surface area (TPSA) is 26.0 Å². The zero-order chi connectivity index (χ0) is 30.7. The molecule has 1 aliphatic carbocycles. The van der Waals surface area contributed by atoms with Gasteiger partial charge in [-0.15, -0.1) is 0 Å². The first kappa shape index (κ1) is 26.5. The van der Waals surface area contributed by atoms with Crippen LogP contribution in [0.15, 0.2) is 176 Å². The van der Waals surface area contributed by atoms with Crippen molar-refractivity contribution in [1.29, 1.82) is 0 Å². The van der Waals surface area contributed by atoms with E-state index in [1.807, 2.05) is 0 Å². The third kappa shape index (κ3) is 3.76. The van der Waals surface area contributed by atoms with Gasteiger partial charge < -0.3 is 5.73 Å². The molecule has 0 unspecified atom stereocenters. The smallest absolute Gasteiger partial charge is 0.0720 e. The summed E-state index contributed by atoms with van der Waals surface area (Å²) in [4.78, 5) is 0. The molecule has 46 heavy (non-hydrogen) atoms. The largest absolute Gasteiger partial charge is 0.398 e. The Morgan fingerprint density at radius 1 is 0.391 bits per heavy atom. The standard InChI is InChI=1S/C45H31N/c46-42-28-27-39-38-21-11-12-22-41(38)45(33-14-3-1-4-15-33,34-16-5-2-6-17-34)44(39)43(42)31-25-23-30(24-26-31)40-29-32-13-7-8-18-35(32)36-19-9-10-20-37(36)40/h1-29H,46H2. The van der Waals surface area contributed by atoms with Crippen LogP contribution >= 0.6 is 0 Å². The Kier molecular flexibility index (Phi) is 5.94. The van der Waals surface area contributed by atoms with Gasteiger partial charge in [-0.1, -0.05) is 164 Å². The number of nitrogen functional groups attached to an aromatic ring is 1. The van der Waals surface area contributed by atoms with Crippen LogP contribution in [0.2, 0.25) is 0 Å². The monoisotopic (exact) mass is 585 g/mol. The van der Waals surface area contributed by atoms with Crippen LogP contribution in [0.1, 0.15) is 22.3 Å². The van der Waals surface area contributed by atoms with Crippen molar-refractivity contribution >= 4 is 27.2 Å². The summed E-state index contributed by atoms with van der Waals surface area (Å²) in [5.41, 5.74) is 19.4. The molecule has 0 heterocycles. The third-order valence-electron chi connectivity index (χ3n) is 9.90. The van der Waals surface area contributed by atoms with Gasteiger partial charge in [0.15, 0.2) is 0 Å². The fraction of sp³-hybridized carbons (Fsp3) is 0.0222. The van der Waals surface area contributed by atoms with Gasteiger partial charge >= 0.3 is 0 Å². The van der Waals surface area contributed by atoms with Crippen molar-refractivity contribution in [1.82, 2.24) is 0 Å². The molecule has 2 N–H and O–H groups in total. The van der Waals surface area contributed by atoms with Crippen molar-refractivity contribution in [2.75, 3.05) is 5.73 Å². The van der Waals surface area contributed by atoms with E-state index in [9.17, 15) is 0 Å². The first-order chi connectivity index (χ1) is 22.7. The number of rotatable bonds is 4. The summed E-state index contributed by atoms with van der Waals surface area (Å²) in [5, 5.41) is 5.07.